The SMILES string of the molecule is c1ccc2c(c1)oc1cnc(NN3CC4CCCNC4C3)nc12. The lowest BCUT2D eigenvalue weighted by atomic mass is 9.94. The summed E-state index contributed by atoms with van der Waals surface area (Å²) < 4.78 is 5.78. The number of anilines is 1. The Bertz CT molecular complexity index is 846. The van der Waals surface area contributed by atoms with E-state index in [-0.39, 0.29) is 0 Å². The number of hydrogen-bond donors (Lipinski definition) is 2. The van der Waals surface area contributed by atoms with Crippen molar-refractivity contribution in [2.75, 3.05) is 25.1 Å². The van der Waals surface area contributed by atoms with Crippen molar-refractivity contribution in [1.82, 2.24) is 20.3 Å². The van der Waals surface area contributed by atoms with Gasteiger partial charge in [0.05, 0.1) is 6.20 Å². The maximum Gasteiger partial charge on any atom is 0.238 e. The maximum absolute atomic E-state index is 5.78. The molecule has 2 fully saturated rings. The third-order valence-electron chi connectivity index (χ3n) is 4.97. The van der Waals surface area contributed by atoms with Crippen LogP contribution in [0.25, 0.3) is 22.1 Å². The lowest BCUT2D eigenvalue weighted by Gasteiger charge is -2.24. The van der Waals surface area contributed by atoms with Gasteiger partial charge in [-0.25, -0.2) is 15.0 Å². The molecule has 2 saturated heterocycles. The average Bonchev–Trinajstić information content (AvgIpc) is 3.15. The second kappa shape index (κ2) is 5.18. The first kappa shape index (κ1) is 13.3. The molecule has 0 bridgehead atoms. The first-order chi connectivity index (χ1) is 11.4. The average molecular weight is 309 g/mol. The summed E-state index contributed by atoms with van der Waals surface area (Å²) in [5.74, 6) is 1.37. The summed E-state index contributed by atoms with van der Waals surface area (Å²) in [6, 6.07) is 8.56. The van der Waals surface area contributed by atoms with Crippen molar-refractivity contribution in [2.45, 2.75) is 18.9 Å². The van der Waals surface area contributed by atoms with Crippen LogP contribution in [0, 0.1) is 5.92 Å². The van der Waals surface area contributed by atoms with E-state index in [9.17, 15) is 0 Å². The zero-order valence-corrected chi connectivity index (χ0v) is 12.8. The number of furan rings is 1. The van der Waals surface area contributed by atoms with Gasteiger partial charge in [0, 0.05) is 24.5 Å². The van der Waals surface area contributed by atoms with Gasteiger partial charge in [0.1, 0.15) is 11.1 Å². The van der Waals surface area contributed by atoms with Crippen molar-refractivity contribution in [3.63, 3.8) is 0 Å². The van der Waals surface area contributed by atoms with Gasteiger partial charge in [-0.3, -0.25) is 5.43 Å². The number of nitrogens with zero attached hydrogens (tertiary/aromatic N) is 3. The minimum absolute atomic E-state index is 0.592. The van der Waals surface area contributed by atoms with E-state index in [0.29, 0.717) is 12.0 Å². The molecule has 0 aliphatic carbocycles. The van der Waals surface area contributed by atoms with Gasteiger partial charge in [-0.15, -0.1) is 0 Å². The monoisotopic (exact) mass is 309 g/mol. The van der Waals surface area contributed by atoms with E-state index >= 15 is 0 Å². The van der Waals surface area contributed by atoms with E-state index in [1.807, 2.05) is 24.3 Å². The molecule has 2 atom stereocenters. The number of rotatable bonds is 2. The predicted octanol–water partition coefficient (Wildman–Crippen LogP) is 2.39. The van der Waals surface area contributed by atoms with Crippen molar-refractivity contribution in [2.24, 2.45) is 5.92 Å². The molecular weight excluding hydrogens is 290 g/mol. The van der Waals surface area contributed by atoms with Crippen molar-refractivity contribution < 1.29 is 4.42 Å². The Kier molecular flexibility index (Phi) is 2.99. The highest BCUT2D eigenvalue weighted by Gasteiger charge is 2.34. The van der Waals surface area contributed by atoms with Crippen molar-refractivity contribution in [3.05, 3.63) is 30.5 Å². The number of fused-ring (bicyclic) bond motifs is 4. The Morgan fingerprint density at radius 1 is 1.22 bits per heavy atom. The molecule has 2 N–H and O–H groups in total. The van der Waals surface area contributed by atoms with Gasteiger partial charge in [0.2, 0.25) is 5.95 Å². The van der Waals surface area contributed by atoms with Gasteiger partial charge in [0.15, 0.2) is 5.58 Å². The molecule has 6 nitrogen and oxygen atoms in total. The van der Waals surface area contributed by atoms with Gasteiger partial charge in [-0.05, 0) is 37.4 Å². The van der Waals surface area contributed by atoms with Gasteiger partial charge < -0.3 is 9.73 Å². The minimum Gasteiger partial charge on any atom is -0.453 e. The highest BCUT2D eigenvalue weighted by atomic mass is 16.3. The molecule has 2 unspecified atom stereocenters. The zero-order valence-electron chi connectivity index (χ0n) is 12.8. The molecule has 4 heterocycles. The van der Waals surface area contributed by atoms with Crippen LogP contribution >= 0.6 is 0 Å². The molecule has 0 spiro atoms. The van der Waals surface area contributed by atoms with Gasteiger partial charge in [-0.2, -0.15) is 0 Å². The van der Waals surface area contributed by atoms with Gasteiger partial charge >= 0.3 is 0 Å². The second-order valence-corrected chi connectivity index (χ2v) is 6.48. The standard InChI is InChI=1S/C17H19N5O/c1-2-6-14-12(5-1)16-15(23-14)8-19-17(20-16)21-22-9-11-4-3-7-18-13(11)10-22/h1-2,5-6,8,11,13,18H,3-4,7,9-10H2,(H,19,20,21). The molecule has 0 amide bonds. The molecule has 0 radical (unpaired) electrons. The summed E-state index contributed by atoms with van der Waals surface area (Å²) in [5, 5.41) is 6.87. The Morgan fingerprint density at radius 3 is 3.13 bits per heavy atom. The molecule has 2 aliphatic heterocycles. The second-order valence-electron chi connectivity index (χ2n) is 6.48. The van der Waals surface area contributed by atoms with Crippen LogP contribution in [0.1, 0.15) is 12.8 Å². The Labute approximate surface area is 133 Å². The van der Waals surface area contributed by atoms with Crippen LogP contribution in [0.2, 0.25) is 0 Å². The number of piperidine rings is 1. The number of hydrogen-bond acceptors (Lipinski definition) is 6. The number of aromatic nitrogens is 2. The fraction of sp³-hybridized carbons (Fsp3) is 0.412. The Balaban J connectivity index is 1.43. The molecule has 2 aliphatic rings. The third kappa shape index (κ3) is 2.26. The molecule has 5 rings (SSSR count). The third-order valence-corrected chi connectivity index (χ3v) is 4.97. The van der Waals surface area contributed by atoms with E-state index in [2.05, 4.69) is 25.7 Å². The number of para-hydroxylation sites is 1. The van der Waals surface area contributed by atoms with Crippen LogP contribution in [-0.2, 0) is 0 Å². The molecule has 6 heteroatoms. The minimum atomic E-state index is 0.592. The zero-order chi connectivity index (χ0) is 15.2. The summed E-state index contributed by atoms with van der Waals surface area (Å²) in [4.78, 5) is 9.07. The Hall–Kier alpha value is -2.18. The van der Waals surface area contributed by atoms with E-state index < -0.39 is 0 Å². The molecule has 1 aromatic carbocycles. The van der Waals surface area contributed by atoms with Crippen LogP contribution < -0.4 is 10.7 Å². The van der Waals surface area contributed by atoms with Crippen LogP contribution in [-0.4, -0.2) is 40.7 Å². The lowest BCUT2D eigenvalue weighted by molar-refractivity contribution is 0.337. The van der Waals surface area contributed by atoms with Crippen LogP contribution in [0.3, 0.4) is 0 Å². The number of nitrogens with one attached hydrogen (secondary N) is 2. The molecule has 23 heavy (non-hydrogen) atoms. The molecular formula is C17H19N5O. The van der Waals surface area contributed by atoms with Crippen LogP contribution in [0.4, 0.5) is 5.95 Å². The molecule has 3 aromatic rings. The highest BCUT2D eigenvalue weighted by Crippen LogP contribution is 2.28. The number of benzene rings is 1. The Morgan fingerprint density at radius 2 is 2.17 bits per heavy atom. The van der Waals surface area contributed by atoms with E-state index in [0.717, 1.165) is 47.6 Å². The van der Waals surface area contributed by atoms with E-state index in [4.69, 9.17) is 4.42 Å². The molecule has 118 valence electrons. The smallest absolute Gasteiger partial charge is 0.238 e. The molecule has 2 aromatic heterocycles. The summed E-state index contributed by atoms with van der Waals surface area (Å²) in [5.41, 5.74) is 5.82. The van der Waals surface area contributed by atoms with E-state index in [1.165, 1.54) is 12.8 Å². The maximum atomic E-state index is 5.78. The van der Waals surface area contributed by atoms with Crippen molar-refractivity contribution in [3.8, 4) is 0 Å². The van der Waals surface area contributed by atoms with Crippen molar-refractivity contribution >= 4 is 28.0 Å². The lowest BCUT2D eigenvalue weighted by Crippen LogP contribution is -2.41. The van der Waals surface area contributed by atoms with Crippen LogP contribution in [0.15, 0.2) is 34.9 Å². The van der Waals surface area contributed by atoms with Gasteiger partial charge in [0.25, 0.3) is 0 Å². The largest absolute Gasteiger partial charge is 0.453 e. The van der Waals surface area contributed by atoms with Gasteiger partial charge in [-0.1, -0.05) is 12.1 Å². The fourth-order valence-electron chi connectivity index (χ4n) is 3.84. The summed E-state index contributed by atoms with van der Waals surface area (Å²) in [6.45, 7) is 3.18. The summed E-state index contributed by atoms with van der Waals surface area (Å²) in [6.07, 6.45) is 4.34. The van der Waals surface area contributed by atoms with Crippen molar-refractivity contribution in [1.29, 1.82) is 0 Å². The fourth-order valence-corrected chi connectivity index (χ4v) is 3.84. The molecule has 0 saturated carbocycles. The van der Waals surface area contributed by atoms with Crippen LogP contribution in [0.5, 0.6) is 0 Å². The summed E-state index contributed by atoms with van der Waals surface area (Å²) >= 11 is 0. The quantitative estimate of drug-likeness (QED) is 0.758. The topological polar surface area (TPSA) is 66.2 Å². The normalized spacial score (nSPS) is 25.0. The first-order valence-corrected chi connectivity index (χ1v) is 8.26. The highest BCUT2D eigenvalue weighted by molar-refractivity contribution is 6.02. The predicted molar refractivity (Wildman–Crippen MR) is 89.0 cm³/mol. The summed E-state index contributed by atoms with van der Waals surface area (Å²) in [7, 11) is 0. The number of hydrazine groups is 1. The van der Waals surface area contributed by atoms with E-state index in [1.54, 1.807) is 6.20 Å². The first-order valence-electron chi connectivity index (χ1n) is 8.26.